The Kier molecular flexibility index (Phi) is 8.41. The molecule has 1 N–H and O–H groups in total. The monoisotopic (exact) mass is 551 g/mol. The number of para-hydroxylation sites is 1. The minimum atomic E-state index is -0.791. The standard InChI is InChI=1S/C27H28ClF2N3O3.ClH/c28-26-21(29)6-5-18(27(26)30)14-33-22-4-2-1-3-19(22)20-9-12-32(15-23(20)33)24(34)16-31-10-7-17(8-11-31)13-25(35)36;/h1-6,17H,7-16H2,(H,35,36);1H. The van der Waals surface area contributed by atoms with E-state index in [0.29, 0.717) is 39.1 Å². The number of likely N-dealkylation sites (tertiary alicyclic amines) is 1. The van der Waals surface area contributed by atoms with E-state index in [-0.39, 0.29) is 42.8 Å². The van der Waals surface area contributed by atoms with Crippen molar-refractivity contribution in [3.63, 3.8) is 0 Å². The number of carbonyl (C=O) groups excluding carboxylic acids is 1. The zero-order valence-electron chi connectivity index (χ0n) is 20.3. The van der Waals surface area contributed by atoms with Gasteiger partial charge in [0.05, 0.1) is 19.6 Å². The smallest absolute Gasteiger partial charge is 0.303 e. The molecule has 3 aromatic rings. The SMILES string of the molecule is Cl.O=C(O)CC1CCN(CC(=O)N2CCc3c(n(Cc4ccc(F)c(Cl)c4F)c4ccccc34)C2)CC1. The van der Waals surface area contributed by atoms with Gasteiger partial charge in [0, 0.05) is 35.1 Å². The van der Waals surface area contributed by atoms with Gasteiger partial charge in [-0.25, -0.2) is 8.78 Å². The third-order valence-electron chi connectivity index (χ3n) is 7.49. The minimum Gasteiger partial charge on any atom is -0.481 e. The van der Waals surface area contributed by atoms with Crippen molar-refractivity contribution in [3.8, 4) is 0 Å². The molecule has 10 heteroatoms. The van der Waals surface area contributed by atoms with Crippen LogP contribution in [0.25, 0.3) is 10.9 Å². The first-order chi connectivity index (χ1) is 17.3. The Morgan fingerprint density at radius 3 is 2.51 bits per heavy atom. The van der Waals surface area contributed by atoms with Crippen molar-refractivity contribution in [1.82, 2.24) is 14.4 Å². The molecule has 2 aliphatic heterocycles. The number of aromatic nitrogens is 1. The lowest BCUT2D eigenvalue weighted by Gasteiger charge is -2.34. The lowest BCUT2D eigenvalue weighted by molar-refractivity contribution is -0.139. The van der Waals surface area contributed by atoms with Crippen molar-refractivity contribution in [3.05, 3.63) is 69.9 Å². The Bertz CT molecular complexity index is 1320. The number of piperidine rings is 1. The second kappa shape index (κ2) is 11.4. The average molecular weight is 552 g/mol. The van der Waals surface area contributed by atoms with E-state index in [1.165, 1.54) is 12.1 Å². The molecule has 5 rings (SSSR count). The molecule has 0 unspecified atom stereocenters. The van der Waals surface area contributed by atoms with E-state index in [2.05, 4.69) is 4.90 Å². The first-order valence-corrected chi connectivity index (χ1v) is 12.6. The molecule has 0 atom stereocenters. The fraction of sp³-hybridized carbons (Fsp3) is 0.407. The summed E-state index contributed by atoms with van der Waals surface area (Å²) in [5, 5.41) is 9.58. The first-order valence-electron chi connectivity index (χ1n) is 12.2. The lowest BCUT2D eigenvalue weighted by Crippen LogP contribution is -2.45. The number of fused-ring (bicyclic) bond motifs is 3. The van der Waals surface area contributed by atoms with E-state index in [1.807, 2.05) is 33.7 Å². The number of carboxylic acids is 1. The van der Waals surface area contributed by atoms with Crippen LogP contribution in [-0.4, -0.2) is 57.5 Å². The van der Waals surface area contributed by atoms with Gasteiger partial charge in [-0.15, -0.1) is 12.4 Å². The van der Waals surface area contributed by atoms with Crippen LogP contribution in [0.3, 0.4) is 0 Å². The Balaban J connectivity index is 0.00000320. The van der Waals surface area contributed by atoms with Gasteiger partial charge < -0.3 is 14.6 Å². The van der Waals surface area contributed by atoms with Crippen LogP contribution in [0.5, 0.6) is 0 Å². The van der Waals surface area contributed by atoms with Crippen molar-refractivity contribution in [2.75, 3.05) is 26.2 Å². The van der Waals surface area contributed by atoms with Gasteiger partial charge in [0.25, 0.3) is 0 Å². The fourth-order valence-corrected chi connectivity index (χ4v) is 5.72. The summed E-state index contributed by atoms with van der Waals surface area (Å²) < 4.78 is 30.5. The fourth-order valence-electron chi connectivity index (χ4n) is 5.53. The molecule has 2 aromatic carbocycles. The normalized spacial score (nSPS) is 16.5. The highest BCUT2D eigenvalue weighted by molar-refractivity contribution is 6.30. The molecule has 3 heterocycles. The molecule has 0 aliphatic carbocycles. The van der Waals surface area contributed by atoms with E-state index in [1.54, 1.807) is 0 Å². The van der Waals surface area contributed by atoms with Gasteiger partial charge >= 0.3 is 5.97 Å². The summed E-state index contributed by atoms with van der Waals surface area (Å²) in [6.45, 7) is 2.93. The maximum Gasteiger partial charge on any atom is 0.303 e. The number of carbonyl (C=O) groups is 2. The van der Waals surface area contributed by atoms with Gasteiger partial charge in [0.15, 0.2) is 0 Å². The summed E-state index contributed by atoms with van der Waals surface area (Å²) in [7, 11) is 0. The van der Waals surface area contributed by atoms with Crippen LogP contribution < -0.4 is 0 Å². The molecule has 1 saturated heterocycles. The molecular formula is C27H29Cl2F2N3O3. The molecule has 1 amide bonds. The van der Waals surface area contributed by atoms with Crippen molar-refractivity contribution >= 4 is 46.8 Å². The molecular weight excluding hydrogens is 523 g/mol. The molecule has 1 aromatic heterocycles. The summed E-state index contributed by atoms with van der Waals surface area (Å²) in [5.41, 5.74) is 3.34. The van der Waals surface area contributed by atoms with E-state index >= 15 is 0 Å². The molecule has 0 saturated carbocycles. The van der Waals surface area contributed by atoms with Gasteiger partial charge in [-0.2, -0.15) is 0 Å². The predicted molar refractivity (Wildman–Crippen MR) is 140 cm³/mol. The van der Waals surface area contributed by atoms with Crippen molar-refractivity contribution in [2.24, 2.45) is 5.92 Å². The van der Waals surface area contributed by atoms with Crippen LogP contribution in [0, 0.1) is 17.6 Å². The van der Waals surface area contributed by atoms with E-state index < -0.39 is 22.6 Å². The zero-order valence-corrected chi connectivity index (χ0v) is 21.8. The first kappa shape index (κ1) is 27.4. The molecule has 37 heavy (non-hydrogen) atoms. The number of nitrogens with zero attached hydrogens (tertiary/aromatic N) is 3. The van der Waals surface area contributed by atoms with Gasteiger partial charge in [-0.1, -0.05) is 35.9 Å². The highest BCUT2D eigenvalue weighted by Gasteiger charge is 2.29. The van der Waals surface area contributed by atoms with Crippen LogP contribution in [0.4, 0.5) is 8.78 Å². The summed E-state index contributed by atoms with van der Waals surface area (Å²) in [5.74, 6) is -2.13. The predicted octanol–water partition coefficient (Wildman–Crippen LogP) is 5.11. The topological polar surface area (TPSA) is 65.8 Å². The van der Waals surface area contributed by atoms with Gasteiger partial charge in [-0.3, -0.25) is 14.5 Å². The van der Waals surface area contributed by atoms with Crippen LogP contribution in [-0.2, 0) is 29.1 Å². The minimum absolute atomic E-state index is 0. The largest absolute Gasteiger partial charge is 0.481 e. The molecule has 0 radical (unpaired) electrons. The number of aliphatic carboxylic acids is 1. The second-order valence-electron chi connectivity index (χ2n) is 9.75. The number of amides is 1. The zero-order chi connectivity index (χ0) is 25.4. The molecule has 0 bridgehead atoms. The van der Waals surface area contributed by atoms with E-state index in [9.17, 15) is 18.4 Å². The molecule has 1 fully saturated rings. The van der Waals surface area contributed by atoms with E-state index in [0.717, 1.165) is 35.0 Å². The number of halogens is 4. The Morgan fingerprint density at radius 1 is 1.05 bits per heavy atom. The third kappa shape index (κ3) is 5.61. The highest BCUT2D eigenvalue weighted by atomic mass is 35.5. The summed E-state index contributed by atoms with van der Waals surface area (Å²) in [6.07, 6.45) is 2.44. The molecule has 6 nitrogen and oxygen atoms in total. The lowest BCUT2D eigenvalue weighted by atomic mass is 9.93. The Hall–Kier alpha value is -2.68. The average Bonchev–Trinajstić information content (AvgIpc) is 3.18. The maximum absolute atomic E-state index is 14.8. The van der Waals surface area contributed by atoms with Gasteiger partial charge in [0.2, 0.25) is 5.91 Å². The number of hydrogen-bond donors (Lipinski definition) is 1. The molecule has 198 valence electrons. The van der Waals surface area contributed by atoms with Crippen molar-refractivity contribution in [2.45, 2.75) is 38.8 Å². The van der Waals surface area contributed by atoms with Crippen LogP contribution >= 0.6 is 24.0 Å². The maximum atomic E-state index is 14.8. The summed E-state index contributed by atoms with van der Waals surface area (Å²) >= 11 is 5.83. The quantitative estimate of drug-likeness (QED) is 0.432. The van der Waals surface area contributed by atoms with Crippen LogP contribution in [0.15, 0.2) is 36.4 Å². The van der Waals surface area contributed by atoms with Crippen molar-refractivity contribution in [1.29, 1.82) is 0 Å². The number of hydrogen-bond acceptors (Lipinski definition) is 3. The molecule has 2 aliphatic rings. The number of rotatable bonds is 6. The van der Waals surface area contributed by atoms with Crippen molar-refractivity contribution < 1.29 is 23.5 Å². The van der Waals surface area contributed by atoms with Gasteiger partial charge in [-0.05, 0) is 56.0 Å². The summed E-state index contributed by atoms with van der Waals surface area (Å²) in [6, 6.07) is 10.5. The second-order valence-corrected chi connectivity index (χ2v) is 10.1. The molecule has 0 spiro atoms. The Morgan fingerprint density at radius 2 is 1.78 bits per heavy atom. The third-order valence-corrected chi connectivity index (χ3v) is 7.84. The number of benzene rings is 2. The van der Waals surface area contributed by atoms with Gasteiger partial charge in [0.1, 0.15) is 16.7 Å². The highest BCUT2D eigenvalue weighted by Crippen LogP contribution is 2.33. The van der Waals surface area contributed by atoms with E-state index in [4.69, 9.17) is 16.7 Å². The number of carboxylic acid groups (broad SMARTS) is 1. The van der Waals surface area contributed by atoms with Crippen LogP contribution in [0.2, 0.25) is 5.02 Å². The Labute approximate surface area is 225 Å². The summed E-state index contributed by atoms with van der Waals surface area (Å²) in [4.78, 5) is 28.1. The van der Waals surface area contributed by atoms with Crippen LogP contribution in [0.1, 0.15) is 36.1 Å².